The summed E-state index contributed by atoms with van der Waals surface area (Å²) < 4.78 is 6.59. The molecule has 148 valence electrons. The number of H-pyrrole nitrogens is 1. The maximum Gasteiger partial charge on any atom is 0.328 e. The van der Waals surface area contributed by atoms with Crippen LogP contribution in [0.3, 0.4) is 0 Å². The molecule has 3 aromatic heterocycles. The number of nitrogens with zero attached hydrogens (tertiary/aromatic N) is 4. The van der Waals surface area contributed by atoms with Gasteiger partial charge in [0.1, 0.15) is 17.4 Å². The number of aromatic nitrogens is 5. The van der Waals surface area contributed by atoms with Crippen molar-refractivity contribution in [1.29, 1.82) is 0 Å². The van der Waals surface area contributed by atoms with Gasteiger partial charge in [0.2, 0.25) is 0 Å². The number of hydrogen-bond acceptors (Lipinski definition) is 7. The van der Waals surface area contributed by atoms with E-state index in [0.29, 0.717) is 22.4 Å². The number of esters is 1. The summed E-state index contributed by atoms with van der Waals surface area (Å²) in [6.07, 6.45) is 4.89. The van der Waals surface area contributed by atoms with Crippen LogP contribution in [0.25, 0.3) is 11.2 Å². The van der Waals surface area contributed by atoms with Crippen LogP contribution in [0.15, 0.2) is 24.8 Å². The molecule has 11 heteroatoms. The van der Waals surface area contributed by atoms with Crippen LogP contribution in [0.2, 0.25) is 0 Å². The second-order valence-electron chi connectivity index (χ2n) is 5.68. The van der Waals surface area contributed by atoms with Crippen LogP contribution in [0.5, 0.6) is 0 Å². The third-order valence-electron chi connectivity index (χ3n) is 4.00. The molecule has 3 N–H and O–H groups in total. The molecule has 1 atom stereocenters. The van der Waals surface area contributed by atoms with Crippen LogP contribution in [-0.2, 0) is 27.8 Å². The zero-order valence-electron chi connectivity index (χ0n) is 15.5. The molecule has 0 aliphatic carbocycles. The minimum atomic E-state index is -0.842. The Balaban J connectivity index is 0.000000878. The van der Waals surface area contributed by atoms with Crippen LogP contribution < -0.4 is 5.32 Å². The quantitative estimate of drug-likeness (QED) is 0.414. The van der Waals surface area contributed by atoms with Gasteiger partial charge in [0.25, 0.3) is 12.4 Å². The minimum absolute atomic E-state index is 0.244. The van der Waals surface area contributed by atoms with Crippen LogP contribution >= 0.6 is 0 Å². The molecule has 3 aromatic rings. The Morgan fingerprint density at radius 3 is 2.79 bits per heavy atom. The summed E-state index contributed by atoms with van der Waals surface area (Å²) in [6, 6.07) is 0.736. The summed E-state index contributed by atoms with van der Waals surface area (Å²) in [5, 5.41) is 9.59. The summed E-state index contributed by atoms with van der Waals surface area (Å²) in [5.41, 5.74) is 2.16. The molecule has 3 rings (SSSR count). The molecule has 0 saturated heterocycles. The molecule has 11 nitrogen and oxygen atoms in total. The minimum Gasteiger partial charge on any atom is -0.483 e. The van der Waals surface area contributed by atoms with E-state index >= 15 is 0 Å². The van der Waals surface area contributed by atoms with Crippen molar-refractivity contribution in [2.45, 2.75) is 19.4 Å². The van der Waals surface area contributed by atoms with E-state index in [1.807, 2.05) is 14.0 Å². The van der Waals surface area contributed by atoms with Gasteiger partial charge in [-0.3, -0.25) is 9.59 Å². The third kappa shape index (κ3) is 4.50. The lowest BCUT2D eigenvalue weighted by atomic mass is 10.1. The number of aryl methyl sites for hydroxylation is 2. The van der Waals surface area contributed by atoms with E-state index < -0.39 is 17.9 Å². The number of pyridine rings is 1. The van der Waals surface area contributed by atoms with Crippen molar-refractivity contribution in [3.8, 4) is 0 Å². The molecule has 3 heterocycles. The Morgan fingerprint density at radius 2 is 2.18 bits per heavy atom. The molecule has 1 amide bonds. The number of rotatable bonds is 5. The van der Waals surface area contributed by atoms with Crippen LogP contribution in [-0.4, -0.2) is 61.1 Å². The number of aromatic amines is 1. The predicted octanol–water partition coefficient (Wildman–Crippen LogP) is 0.215. The maximum absolute atomic E-state index is 12.7. The number of carbonyl (C=O) groups is 3. The fraction of sp³-hybridized carbons (Fsp3) is 0.294. The lowest BCUT2D eigenvalue weighted by molar-refractivity contribution is -0.142. The number of methoxy groups -OCH3 is 1. The number of hydrogen-bond donors (Lipinski definition) is 3. The van der Waals surface area contributed by atoms with Crippen molar-refractivity contribution in [1.82, 2.24) is 29.8 Å². The van der Waals surface area contributed by atoms with Crippen molar-refractivity contribution >= 4 is 29.5 Å². The van der Waals surface area contributed by atoms with Gasteiger partial charge >= 0.3 is 5.97 Å². The largest absolute Gasteiger partial charge is 0.483 e. The molecule has 0 radical (unpaired) electrons. The van der Waals surface area contributed by atoms with Gasteiger partial charge in [-0.05, 0) is 13.0 Å². The Hall–Kier alpha value is -3.76. The summed E-state index contributed by atoms with van der Waals surface area (Å²) in [4.78, 5) is 48.6. The fourth-order valence-electron chi connectivity index (χ4n) is 2.56. The van der Waals surface area contributed by atoms with E-state index in [2.05, 4.69) is 25.3 Å². The highest BCUT2D eigenvalue weighted by Crippen LogP contribution is 2.17. The Bertz CT molecular complexity index is 966. The molecular formula is C17H20N6O5. The van der Waals surface area contributed by atoms with Crippen LogP contribution in [0.4, 0.5) is 0 Å². The Labute approximate surface area is 159 Å². The summed E-state index contributed by atoms with van der Waals surface area (Å²) in [7, 11) is 3.11. The summed E-state index contributed by atoms with van der Waals surface area (Å²) >= 11 is 0. The molecule has 0 aliphatic heterocycles. The van der Waals surface area contributed by atoms with E-state index in [0.717, 1.165) is 5.82 Å². The number of nitrogens with one attached hydrogen (secondary N) is 2. The molecule has 0 fully saturated rings. The highest BCUT2D eigenvalue weighted by atomic mass is 16.5. The number of fused-ring (bicyclic) bond motifs is 1. The normalized spacial score (nSPS) is 11.2. The van der Waals surface area contributed by atoms with Crippen molar-refractivity contribution in [2.24, 2.45) is 7.05 Å². The van der Waals surface area contributed by atoms with E-state index in [-0.39, 0.29) is 12.9 Å². The van der Waals surface area contributed by atoms with E-state index in [1.54, 1.807) is 23.0 Å². The molecule has 0 unspecified atom stereocenters. The number of carbonyl (C=O) groups excluding carboxylic acids is 2. The van der Waals surface area contributed by atoms with Gasteiger partial charge in [0.05, 0.1) is 19.0 Å². The van der Waals surface area contributed by atoms with Crippen molar-refractivity contribution < 1.29 is 24.2 Å². The highest BCUT2D eigenvalue weighted by molar-refractivity contribution is 6.05. The van der Waals surface area contributed by atoms with E-state index in [4.69, 9.17) is 14.6 Å². The molecule has 0 saturated carbocycles. The first-order valence-electron chi connectivity index (χ1n) is 8.14. The molecule has 28 heavy (non-hydrogen) atoms. The summed E-state index contributed by atoms with van der Waals surface area (Å²) in [5.74, 6) is -0.212. The number of imidazole rings is 2. The van der Waals surface area contributed by atoms with Gasteiger partial charge in [-0.25, -0.2) is 19.7 Å². The average molecular weight is 388 g/mol. The SMILES string of the molecule is COC(=O)[C@H](Cc1cnc[nH]1)NC(=O)c1ccnc2c1nc(C)n2C.O=CO. The number of ether oxygens (including phenoxy) is 1. The first kappa shape index (κ1) is 20.6. The van der Waals surface area contributed by atoms with Gasteiger partial charge in [-0.15, -0.1) is 0 Å². The van der Waals surface area contributed by atoms with Gasteiger partial charge in [0.15, 0.2) is 5.65 Å². The van der Waals surface area contributed by atoms with Gasteiger partial charge in [-0.1, -0.05) is 0 Å². The molecule has 0 aliphatic rings. The number of amides is 1. The first-order chi connectivity index (χ1) is 13.4. The smallest absolute Gasteiger partial charge is 0.328 e. The summed E-state index contributed by atoms with van der Waals surface area (Å²) in [6.45, 7) is 1.58. The Morgan fingerprint density at radius 1 is 1.46 bits per heavy atom. The van der Waals surface area contributed by atoms with E-state index in [9.17, 15) is 9.59 Å². The standard InChI is InChI=1S/C16H18N6O3.CH2O2/c1-9-20-13-11(4-5-18-14(13)22(9)2)15(23)21-12(16(24)25-3)6-10-7-17-8-19-10;2-1-3/h4-5,7-8,12H,6H2,1-3H3,(H,17,19)(H,21,23);1H,(H,2,3)/t12-;/m0./s1. The van der Waals surface area contributed by atoms with Crippen molar-refractivity contribution in [2.75, 3.05) is 7.11 Å². The zero-order chi connectivity index (χ0) is 20.7. The maximum atomic E-state index is 12.7. The van der Waals surface area contributed by atoms with Crippen LogP contribution in [0, 0.1) is 6.92 Å². The first-order valence-corrected chi connectivity index (χ1v) is 8.14. The zero-order valence-corrected chi connectivity index (χ0v) is 15.5. The van der Waals surface area contributed by atoms with Crippen molar-refractivity contribution in [3.63, 3.8) is 0 Å². The predicted molar refractivity (Wildman–Crippen MR) is 97.5 cm³/mol. The lowest BCUT2D eigenvalue weighted by Crippen LogP contribution is -2.43. The monoisotopic (exact) mass is 388 g/mol. The fourth-order valence-corrected chi connectivity index (χ4v) is 2.56. The van der Waals surface area contributed by atoms with Crippen molar-refractivity contribution in [3.05, 3.63) is 41.9 Å². The average Bonchev–Trinajstić information content (AvgIpc) is 3.29. The molecule has 0 bridgehead atoms. The molecule has 0 spiro atoms. The van der Waals surface area contributed by atoms with Gasteiger partial charge in [0, 0.05) is 31.6 Å². The van der Waals surface area contributed by atoms with Crippen LogP contribution in [0.1, 0.15) is 21.9 Å². The highest BCUT2D eigenvalue weighted by Gasteiger charge is 2.25. The lowest BCUT2D eigenvalue weighted by Gasteiger charge is -2.15. The second kappa shape index (κ2) is 9.26. The van der Waals surface area contributed by atoms with E-state index in [1.165, 1.54) is 13.4 Å². The molecular weight excluding hydrogens is 368 g/mol. The third-order valence-corrected chi connectivity index (χ3v) is 4.00. The van der Waals surface area contributed by atoms with Gasteiger partial charge < -0.3 is 24.7 Å². The Kier molecular flexibility index (Phi) is 6.79. The number of carboxylic acid groups (broad SMARTS) is 1. The second-order valence-corrected chi connectivity index (χ2v) is 5.68. The molecule has 0 aromatic carbocycles. The van der Waals surface area contributed by atoms with Gasteiger partial charge in [-0.2, -0.15) is 0 Å². The topological polar surface area (TPSA) is 152 Å².